The summed E-state index contributed by atoms with van der Waals surface area (Å²) in [6.07, 6.45) is 11.5. The first kappa shape index (κ1) is 16.0. The fraction of sp³-hybridized carbons (Fsp3) is 0.824. The molecule has 0 saturated heterocycles. The summed E-state index contributed by atoms with van der Waals surface area (Å²) in [5.74, 6) is 0. The van der Waals surface area contributed by atoms with E-state index in [4.69, 9.17) is 4.98 Å². The third-order valence-corrected chi connectivity index (χ3v) is 5.78. The third-order valence-electron chi connectivity index (χ3n) is 4.36. The van der Waals surface area contributed by atoms with Crippen LogP contribution in [0, 0.1) is 0 Å². The first-order valence-corrected chi connectivity index (χ1v) is 9.25. The van der Waals surface area contributed by atoms with Crippen LogP contribution in [-0.2, 0) is 18.4 Å². The Bertz CT molecular complexity index is 390. The second-order valence-corrected chi connectivity index (χ2v) is 7.40. The predicted molar refractivity (Wildman–Crippen MR) is 88.5 cm³/mol. The van der Waals surface area contributed by atoms with Gasteiger partial charge < -0.3 is 5.32 Å². The van der Waals surface area contributed by atoms with E-state index < -0.39 is 0 Å². The second kappa shape index (κ2) is 7.56. The van der Waals surface area contributed by atoms with Crippen LogP contribution in [0.15, 0.2) is 0 Å². The van der Waals surface area contributed by atoms with Crippen molar-refractivity contribution in [3.63, 3.8) is 0 Å². The van der Waals surface area contributed by atoms with Gasteiger partial charge in [0.2, 0.25) is 0 Å². The zero-order valence-electron chi connectivity index (χ0n) is 13.4. The van der Waals surface area contributed by atoms with Crippen molar-refractivity contribution in [3.05, 3.63) is 15.6 Å². The molecule has 0 aliphatic heterocycles. The summed E-state index contributed by atoms with van der Waals surface area (Å²) >= 11 is 1.98. The molecule has 0 aromatic carbocycles. The number of aromatic nitrogens is 1. The number of thiazole rings is 1. The predicted octanol–water partition coefficient (Wildman–Crippen LogP) is 4.82. The normalized spacial score (nSPS) is 17.8. The fourth-order valence-electron chi connectivity index (χ4n) is 2.99. The number of fused-ring (bicyclic) bond motifs is 1. The summed E-state index contributed by atoms with van der Waals surface area (Å²) < 4.78 is 0. The van der Waals surface area contributed by atoms with Crippen molar-refractivity contribution in [1.29, 1.82) is 0 Å². The Hall–Kier alpha value is -0.410. The molecule has 0 saturated carbocycles. The zero-order valence-corrected chi connectivity index (χ0v) is 14.2. The zero-order chi connectivity index (χ0) is 14.4. The molecule has 0 fully saturated rings. The number of nitrogens with zero attached hydrogens (tertiary/aromatic N) is 1. The maximum atomic E-state index is 5.01. The van der Waals surface area contributed by atoms with E-state index in [1.807, 2.05) is 11.3 Å². The fourth-order valence-corrected chi connectivity index (χ4v) is 4.29. The molecule has 1 aromatic rings. The molecule has 0 amide bonds. The minimum absolute atomic E-state index is 0.0905. The first-order chi connectivity index (χ1) is 9.69. The summed E-state index contributed by atoms with van der Waals surface area (Å²) in [5, 5.41) is 5.12. The maximum Gasteiger partial charge on any atom is 0.113 e. The van der Waals surface area contributed by atoms with Gasteiger partial charge in [0, 0.05) is 4.88 Å². The molecule has 2 rings (SSSR count). The maximum absolute atomic E-state index is 5.01. The summed E-state index contributed by atoms with van der Waals surface area (Å²) in [4.78, 5) is 6.57. The molecule has 114 valence electrons. The van der Waals surface area contributed by atoms with Gasteiger partial charge in [0.15, 0.2) is 0 Å². The van der Waals surface area contributed by atoms with Gasteiger partial charge in [-0.05, 0) is 52.0 Å². The molecular weight excluding hydrogens is 264 g/mol. The van der Waals surface area contributed by atoms with E-state index in [1.54, 1.807) is 4.88 Å². The van der Waals surface area contributed by atoms with Crippen LogP contribution >= 0.6 is 11.3 Å². The van der Waals surface area contributed by atoms with Crippen LogP contribution in [0.5, 0.6) is 0 Å². The van der Waals surface area contributed by atoms with Crippen LogP contribution in [0.1, 0.15) is 81.3 Å². The lowest BCUT2D eigenvalue weighted by Crippen LogP contribution is -2.40. The van der Waals surface area contributed by atoms with E-state index in [9.17, 15) is 0 Å². The van der Waals surface area contributed by atoms with E-state index >= 15 is 0 Å². The van der Waals surface area contributed by atoms with Crippen molar-refractivity contribution in [2.75, 3.05) is 6.54 Å². The first-order valence-electron chi connectivity index (χ1n) is 8.43. The van der Waals surface area contributed by atoms with Crippen molar-refractivity contribution in [2.45, 2.75) is 84.1 Å². The molecule has 1 aliphatic rings. The van der Waals surface area contributed by atoms with Gasteiger partial charge in [0.25, 0.3) is 0 Å². The number of hydrogen-bond donors (Lipinski definition) is 1. The Kier molecular flexibility index (Phi) is 6.03. The van der Waals surface area contributed by atoms with Gasteiger partial charge in [-0.2, -0.15) is 0 Å². The van der Waals surface area contributed by atoms with E-state index in [1.165, 1.54) is 68.5 Å². The molecule has 2 nitrogen and oxygen atoms in total. The standard InChI is InChI=1S/C17H30N2S/c1-4-6-9-12-17(3,18-13-5-2)16-19-14-10-7-8-11-15(14)20-16/h18H,4-13H2,1-3H3. The summed E-state index contributed by atoms with van der Waals surface area (Å²) in [6.45, 7) is 7.97. The number of rotatable bonds is 8. The van der Waals surface area contributed by atoms with Crippen LogP contribution in [0.4, 0.5) is 0 Å². The Labute approximate surface area is 128 Å². The second-order valence-electron chi connectivity index (χ2n) is 6.31. The van der Waals surface area contributed by atoms with Gasteiger partial charge >= 0.3 is 0 Å². The van der Waals surface area contributed by atoms with Crippen LogP contribution in [-0.4, -0.2) is 11.5 Å². The molecule has 0 bridgehead atoms. The highest BCUT2D eigenvalue weighted by molar-refractivity contribution is 7.11. The molecule has 1 N–H and O–H groups in total. The summed E-state index contributed by atoms with van der Waals surface area (Å²) in [7, 11) is 0. The van der Waals surface area contributed by atoms with E-state index in [0.717, 1.165) is 6.54 Å². The van der Waals surface area contributed by atoms with Crippen molar-refractivity contribution in [3.8, 4) is 0 Å². The lowest BCUT2D eigenvalue weighted by molar-refractivity contribution is 0.326. The van der Waals surface area contributed by atoms with Crippen LogP contribution in [0.25, 0.3) is 0 Å². The molecule has 0 radical (unpaired) electrons. The minimum Gasteiger partial charge on any atom is -0.306 e. The Morgan fingerprint density at radius 1 is 1.15 bits per heavy atom. The SMILES string of the molecule is CCCCCC(C)(NCCC)c1nc2c(s1)CCCC2. The average molecular weight is 295 g/mol. The Morgan fingerprint density at radius 2 is 1.95 bits per heavy atom. The van der Waals surface area contributed by atoms with Gasteiger partial charge in [-0.15, -0.1) is 11.3 Å². The summed E-state index contributed by atoms with van der Waals surface area (Å²) in [5.41, 5.74) is 1.49. The largest absolute Gasteiger partial charge is 0.306 e. The highest BCUT2D eigenvalue weighted by atomic mass is 32.1. The number of hydrogen-bond acceptors (Lipinski definition) is 3. The average Bonchev–Trinajstić information content (AvgIpc) is 2.90. The van der Waals surface area contributed by atoms with Crippen molar-refractivity contribution in [2.24, 2.45) is 0 Å². The third kappa shape index (κ3) is 3.82. The topological polar surface area (TPSA) is 24.9 Å². The van der Waals surface area contributed by atoms with Crippen LogP contribution in [0.2, 0.25) is 0 Å². The van der Waals surface area contributed by atoms with E-state index in [-0.39, 0.29) is 5.54 Å². The Morgan fingerprint density at radius 3 is 2.65 bits per heavy atom. The number of nitrogens with one attached hydrogen (secondary N) is 1. The molecule has 20 heavy (non-hydrogen) atoms. The highest BCUT2D eigenvalue weighted by Gasteiger charge is 2.30. The lowest BCUT2D eigenvalue weighted by Gasteiger charge is -2.29. The van der Waals surface area contributed by atoms with Crippen molar-refractivity contribution < 1.29 is 0 Å². The van der Waals surface area contributed by atoms with Gasteiger partial charge in [-0.1, -0.05) is 33.1 Å². The number of aryl methyl sites for hydroxylation is 2. The molecular formula is C17H30N2S. The van der Waals surface area contributed by atoms with Gasteiger partial charge in [0.05, 0.1) is 11.2 Å². The van der Waals surface area contributed by atoms with Gasteiger partial charge in [0.1, 0.15) is 5.01 Å². The molecule has 1 heterocycles. The van der Waals surface area contributed by atoms with Gasteiger partial charge in [-0.25, -0.2) is 4.98 Å². The Balaban J connectivity index is 2.13. The smallest absolute Gasteiger partial charge is 0.113 e. The molecule has 1 atom stereocenters. The molecule has 1 unspecified atom stereocenters. The lowest BCUT2D eigenvalue weighted by atomic mass is 9.94. The van der Waals surface area contributed by atoms with E-state index in [2.05, 4.69) is 26.1 Å². The van der Waals surface area contributed by atoms with Crippen LogP contribution in [0.3, 0.4) is 0 Å². The van der Waals surface area contributed by atoms with Crippen molar-refractivity contribution >= 4 is 11.3 Å². The summed E-state index contributed by atoms with van der Waals surface area (Å²) in [6, 6.07) is 0. The molecule has 3 heteroatoms. The number of unbranched alkanes of at least 4 members (excludes halogenated alkanes) is 2. The highest BCUT2D eigenvalue weighted by Crippen LogP contribution is 2.35. The van der Waals surface area contributed by atoms with Crippen molar-refractivity contribution in [1.82, 2.24) is 10.3 Å². The molecule has 1 aromatic heterocycles. The minimum atomic E-state index is 0.0905. The molecule has 1 aliphatic carbocycles. The molecule has 0 spiro atoms. The monoisotopic (exact) mass is 294 g/mol. The van der Waals surface area contributed by atoms with E-state index in [0.29, 0.717) is 0 Å². The van der Waals surface area contributed by atoms with Crippen LogP contribution < -0.4 is 5.32 Å². The quantitative estimate of drug-likeness (QED) is 0.695. The van der Waals surface area contributed by atoms with Gasteiger partial charge in [-0.3, -0.25) is 0 Å².